The molecule has 0 aromatic heterocycles. The summed E-state index contributed by atoms with van der Waals surface area (Å²) in [7, 11) is -3.23. The van der Waals surface area contributed by atoms with E-state index in [1.165, 1.54) is 6.66 Å². The monoisotopic (exact) mass is 410 g/mol. The van der Waals surface area contributed by atoms with Crippen LogP contribution in [0, 0.1) is 5.92 Å². The first-order valence-corrected chi connectivity index (χ1v) is 12.1. The summed E-state index contributed by atoms with van der Waals surface area (Å²) in [5, 5.41) is 0. The van der Waals surface area contributed by atoms with Crippen LogP contribution in [0.4, 0.5) is 0 Å². The smallest absolute Gasteiger partial charge is 0.328 e. The Bertz CT molecular complexity index is 693. The van der Waals surface area contributed by atoms with Crippen molar-refractivity contribution in [3.05, 3.63) is 35.9 Å². The van der Waals surface area contributed by atoms with Crippen molar-refractivity contribution >= 4 is 13.4 Å². The summed E-state index contributed by atoms with van der Waals surface area (Å²) in [6.45, 7) is 6.60. The molecule has 0 N–H and O–H groups in total. The van der Waals surface area contributed by atoms with Crippen LogP contribution in [0.2, 0.25) is 0 Å². The van der Waals surface area contributed by atoms with Crippen molar-refractivity contribution in [2.75, 3.05) is 19.9 Å². The number of carbonyl (C=O) groups excluding carboxylic acids is 1. The first kappa shape index (κ1) is 21.7. The lowest BCUT2D eigenvalue weighted by Gasteiger charge is -2.23. The van der Waals surface area contributed by atoms with Crippen LogP contribution >= 0.6 is 7.60 Å². The molecule has 2 fully saturated rings. The number of hydrogen-bond donors (Lipinski definition) is 0. The topological polar surface area (TPSA) is 71.1 Å². The van der Waals surface area contributed by atoms with Crippen molar-refractivity contribution in [3.63, 3.8) is 0 Å². The van der Waals surface area contributed by atoms with E-state index in [0.29, 0.717) is 24.3 Å². The highest BCUT2D eigenvalue weighted by Crippen LogP contribution is 2.49. The molecule has 0 aliphatic carbocycles. The first-order valence-electron chi connectivity index (χ1n) is 10.1. The predicted octanol–water partition coefficient (Wildman–Crippen LogP) is 4.48. The van der Waals surface area contributed by atoms with Gasteiger partial charge in [0.25, 0.3) is 0 Å². The van der Waals surface area contributed by atoms with Gasteiger partial charge in [-0.1, -0.05) is 44.2 Å². The number of hydrogen-bond acceptors (Lipinski definition) is 6. The van der Waals surface area contributed by atoms with Crippen molar-refractivity contribution in [1.82, 2.24) is 0 Å². The minimum absolute atomic E-state index is 0.0325. The summed E-state index contributed by atoms with van der Waals surface area (Å²) in [5.41, 5.74) is 0.679. The van der Waals surface area contributed by atoms with Crippen LogP contribution in [-0.2, 0) is 23.1 Å². The number of ketones is 1. The molecule has 0 saturated carbocycles. The fourth-order valence-corrected chi connectivity index (χ4v) is 5.00. The lowest BCUT2D eigenvalue weighted by Crippen LogP contribution is -2.24. The molecule has 0 bridgehead atoms. The molecule has 1 aromatic rings. The van der Waals surface area contributed by atoms with Crippen LogP contribution < -0.4 is 0 Å². The van der Waals surface area contributed by atoms with Gasteiger partial charge in [0.1, 0.15) is 0 Å². The third-order valence-electron chi connectivity index (χ3n) is 5.53. The van der Waals surface area contributed by atoms with Gasteiger partial charge >= 0.3 is 7.60 Å². The molecular weight excluding hydrogens is 379 g/mol. The molecule has 28 heavy (non-hydrogen) atoms. The molecule has 6 nitrogen and oxygen atoms in total. The lowest BCUT2D eigenvalue weighted by atomic mass is 10.0. The summed E-state index contributed by atoms with van der Waals surface area (Å²) < 4.78 is 35.9. The van der Waals surface area contributed by atoms with Crippen LogP contribution in [0.3, 0.4) is 0 Å². The minimum atomic E-state index is -3.23. The van der Waals surface area contributed by atoms with Gasteiger partial charge in [-0.05, 0) is 18.8 Å². The Kier molecular flexibility index (Phi) is 7.46. The van der Waals surface area contributed by atoms with Gasteiger partial charge in [-0.3, -0.25) is 9.36 Å². The SMILES string of the molecule is CC[C@H]1O[C@@H](CC(=O)c2ccccc2)C[C@@H]1O[P@@](C)(=O)OC[C@H]1OCC[C@@H]1C. The zero-order chi connectivity index (χ0) is 20.1. The van der Waals surface area contributed by atoms with E-state index in [2.05, 4.69) is 6.92 Å². The van der Waals surface area contributed by atoms with Crippen LogP contribution in [0.5, 0.6) is 0 Å². The van der Waals surface area contributed by atoms with Gasteiger partial charge in [-0.15, -0.1) is 0 Å². The second-order valence-electron chi connectivity index (χ2n) is 7.82. The zero-order valence-corrected chi connectivity index (χ0v) is 17.8. The Morgan fingerprint density at radius 3 is 2.64 bits per heavy atom. The van der Waals surface area contributed by atoms with Crippen LogP contribution in [-0.4, -0.2) is 50.1 Å². The second kappa shape index (κ2) is 9.64. The third kappa shape index (κ3) is 5.74. The molecule has 2 saturated heterocycles. The molecule has 0 unspecified atom stereocenters. The molecule has 2 heterocycles. The molecule has 6 atom stereocenters. The summed E-state index contributed by atoms with van der Waals surface area (Å²) in [5.74, 6) is 0.441. The van der Waals surface area contributed by atoms with Gasteiger partial charge in [0.15, 0.2) is 5.78 Å². The summed E-state index contributed by atoms with van der Waals surface area (Å²) in [4.78, 5) is 12.5. The van der Waals surface area contributed by atoms with Gasteiger partial charge in [-0.2, -0.15) is 0 Å². The Balaban J connectivity index is 1.52. The van der Waals surface area contributed by atoms with Gasteiger partial charge in [-0.25, -0.2) is 0 Å². The van der Waals surface area contributed by atoms with Gasteiger partial charge < -0.3 is 18.5 Å². The summed E-state index contributed by atoms with van der Waals surface area (Å²) in [6, 6.07) is 9.20. The number of Topliss-reactive ketones (excluding diaryl/α,β-unsaturated/α-hetero) is 1. The number of benzene rings is 1. The Hall–Kier alpha value is -1.04. The third-order valence-corrected chi connectivity index (χ3v) is 6.80. The molecule has 2 aliphatic rings. The first-order chi connectivity index (χ1) is 13.4. The lowest BCUT2D eigenvalue weighted by molar-refractivity contribution is 0.00467. The predicted molar refractivity (Wildman–Crippen MR) is 107 cm³/mol. The van der Waals surface area contributed by atoms with Crippen molar-refractivity contribution in [2.24, 2.45) is 5.92 Å². The van der Waals surface area contributed by atoms with Crippen molar-refractivity contribution in [3.8, 4) is 0 Å². The van der Waals surface area contributed by atoms with Crippen molar-refractivity contribution in [2.45, 2.75) is 63.9 Å². The van der Waals surface area contributed by atoms with Gasteiger partial charge in [0, 0.05) is 31.7 Å². The number of rotatable bonds is 9. The van der Waals surface area contributed by atoms with Crippen molar-refractivity contribution in [1.29, 1.82) is 0 Å². The van der Waals surface area contributed by atoms with Crippen LogP contribution in [0.25, 0.3) is 0 Å². The molecule has 156 valence electrons. The van der Waals surface area contributed by atoms with E-state index >= 15 is 0 Å². The fourth-order valence-electron chi connectivity index (χ4n) is 3.80. The average Bonchev–Trinajstić information content (AvgIpc) is 3.25. The highest BCUT2D eigenvalue weighted by molar-refractivity contribution is 7.53. The molecular formula is C21H31O6P. The van der Waals surface area contributed by atoms with E-state index in [1.807, 2.05) is 37.3 Å². The molecule has 7 heteroatoms. The van der Waals surface area contributed by atoms with E-state index in [9.17, 15) is 9.36 Å². The minimum Gasteiger partial charge on any atom is -0.376 e. The van der Waals surface area contributed by atoms with Crippen molar-refractivity contribution < 1.29 is 27.9 Å². The zero-order valence-electron chi connectivity index (χ0n) is 16.9. The van der Waals surface area contributed by atoms with Gasteiger partial charge in [0.2, 0.25) is 0 Å². The van der Waals surface area contributed by atoms with Crippen LogP contribution in [0.1, 0.15) is 49.9 Å². The summed E-state index contributed by atoms with van der Waals surface area (Å²) in [6.07, 6.45) is 1.76. The maximum absolute atomic E-state index is 12.8. The van der Waals surface area contributed by atoms with Crippen LogP contribution in [0.15, 0.2) is 30.3 Å². The average molecular weight is 410 g/mol. The maximum atomic E-state index is 12.8. The largest absolute Gasteiger partial charge is 0.376 e. The Morgan fingerprint density at radius 2 is 2.00 bits per heavy atom. The molecule has 1 aromatic carbocycles. The highest BCUT2D eigenvalue weighted by Gasteiger charge is 2.40. The molecule has 0 radical (unpaired) electrons. The standard InChI is InChI=1S/C21H31O6P/c1-4-19-20(27-28(3,23)25-14-21-15(2)10-11-24-21)13-17(26-19)12-18(22)16-8-6-5-7-9-16/h5-9,15,17,19-21H,4,10-14H2,1-3H3/t15-,17-,19+,20-,21+,28-/m0/s1. The van der Waals surface area contributed by atoms with E-state index in [4.69, 9.17) is 18.5 Å². The molecule has 0 spiro atoms. The number of ether oxygens (including phenoxy) is 2. The number of carbonyl (C=O) groups is 1. The highest BCUT2D eigenvalue weighted by atomic mass is 31.2. The fraction of sp³-hybridized carbons (Fsp3) is 0.667. The second-order valence-corrected chi connectivity index (χ2v) is 9.83. The molecule has 2 aliphatic heterocycles. The van der Waals surface area contributed by atoms with E-state index in [-0.39, 0.29) is 36.8 Å². The molecule has 3 rings (SSSR count). The Labute approximate surface area is 167 Å². The maximum Gasteiger partial charge on any atom is 0.328 e. The van der Waals surface area contributed by atoms with Gasteiger partial charge in [0.05, 0.1) is 31.0 Å². The Morgan fingerprint density at radius 1 is 1.25 bits per heavy atom. The molecule has 0 amide bonds. The quantitative estimate of drug-likeness (QED) is 0.442. The van der Waals surface area contributed by atoms with E-state index in [0.717, 1.165) is 19.4 Å². The normalized spacial score (nSPS) is 32.3. The summed E-state index contributed by atoms with van der Waals surface area (Å²) >= 11 is 0. The van der Waals surface area contributed by atoms with E-state index in [1.54, 1.807) is 0 Å². The van der Waals surface area contributed by atoms with E-state index < -0.39 is 7.60 Å².